The topological polar surface area (TPSA) is 120 Å². The monoisotopic (exact) mass is 810 g/mol. The first kappa shape index (κ1) is 37.1. The molecule has 2 N–H and O–H groups in total. The Labute approximate surface area is 340 Å². The van der Waals surface area contributed by atoms with E-state index in [0.29, 0.717) is 34.3 Å². The van der Waals surface area contributed by atoms with Crippen molar-refractivity contribution < 1.29 is 9.59 Å². The SMILES string of the molecule is O=C(Nc1ccccc1SCc1cn(Cc2ccc(-c3ccc(Cn4cc(CSc5ccccc5NC(=O)c5cccs5)nn4)cc3)cc2)nn1)c1cccs1. The summed E-state index contributed by atoms with van der Waals surface area (Å²) in [7, 11) is 0. The number of anilines is 2. The van der Waals surface area contributed by atoms with E-state index in [-0.39, 0.29) is 11.8 Å². The van der Waals surface area contributed by atoms with E-state index >= 15 is 0 Å². The van der Waals surface area contributed by atoms with Crippen LogP contribution in [0.3, 0.4) is 0 Å². The number of benzene rings is 4. The average molecular weight is 811 g/mol. The summed E-state index contributed by atoms with van der Waals surface area (Å²) in [5.74, 6) is 1.05. The quantitative estimate of drug-likeness (QED) is 0.0983. The lowest BCUT2D eigenvalue weighted by Gasteiger charge is -2.09. The maximum Gasteiger partial charge on any atom is 0.265 e. The fourth-order valence-corrected chi connectivity index (χ4v) is 8.83. The molecule has 0 aliphatic rings. The Morgan fingerprint density at radius 2 is 0.964 bits per heavy atom. The molecule has 8 aromatic rings. The number of hydrogen-bond acceptors (Lipinski definition) is 10. The molecule has 278 valence electrons. The normalized spacial score (nSPS) is 11.1. The van der Waals surface area contributed by atoms with Crippen LogP contribution in [-0.4, -0.2) is 41.8 Å². The summed E-state index contributed by atoms with van der Waals surface area (Å²) < 4.78 is 3.70. The second kappa shape index (κ2) is 17.8. The van der Waals surface area contributed by atoms with E-state index in [2.05, 4.69) is 79.8 Å². The zero-order chi connectivity index (χ0) is 38.1. The molecule has 8 rings (SSSR count). The van der Waals surface area contributed by atoms with Gasteiger partial charge < -0.3 is 10.6 Å². The minimum Gasteiger partial charge on any atom is -0.320 e. The fraction of sp³-hybridized carbons (Fsp3) is 0.0952. The third kappa shape index (κ3) is 9.52. The molecule has 0 aliphatic heterocycles. The molecule has 0 aliphatic carbocycles. The standard InChI is InChI=1S/C42H34N8O2S4/c51-41(39-11-5-21-53-39)43-35-7-1-3-9-37(35)55-27-33-25-49(47-45-33)23-29-13-17-31(18-14-29)32-19-15-30(16-20-32)24-50-26-34(46-48-50)28-56-38-10-4-2-8-36(38)44-42(52)40-12-6-22-54-40/h1-22,25-26H,23-24,27-28H2,(H,43,51)(H,44,52). The molecule has 14 heteroatoms. The van der Waals surface area contributed by atoms with Crippen LogP contribution < -0.4 is 10.6 Å². The highest BCUT2D eigenvalue weighted by Crippen LogP contribution is 2.31. The number of rotatable bonds is 15. The van der Waals surface area contributed by atoms with Gasteiger partial charge in [0, 0.05) is 33.7 Å². The van der Waals surface area contributed by atoms with Crippen LogP contribution in [0.25, 0.3) is 11.1 Å². The summed E-state index contributed by atoms with van der Waals surface area (Å²) >= 11 is 6.07. The van der Waals surface area contributed by atoms with Crippen molar-refractivity contribution in [1.82, 2.24) is 30.0 Å². The predicted molar refractivity (Wildman–Crippen MR) is 227 cm³/mol. The summed E-state index contributed by atoms with van der Waals surface area (Å²) in [6.45, 7) is 1.23. The van der Waals surface area contributed by atoms with Crippen molar-refractivity contribution in [2.75, 3.05) is 10.6 Å². The van der Waals surface area contributed by atoms with Gasteiger partial charge in [-0.05, 0) is 69.4 Å². The number of aromatic nitrogens is 6. The van der Waals surface area contributed by atoms with Crippen LogP contribution in [-0.2, 0) is 24.6 Å². The van der Waals surface area contributed by atoms with Gasteiger partial charge in [0.25, 0.3) is 11.8 Å². The molecule has 0 unspecified atom stereocenters. The summed E-state index contributed by atoms with van der Waals surface area (Å²) in [4.78, 5) is 28.5. The van der Waals surface area contributed by atoms with Crippen molar-refractivity contribution in [1.29, 1.82) is 0 Å². The van der Waals surface area contributed by atoms with Gasteiger partial charge in [-0.2, -0.15) is 0 Å². The summed E-state index contributed by atoms with van der Waals surface area (Å²) in [6, 6.07) is 40.0. The molecule has 0 radical (unpaired) electrons. The van der Waals surface area contributed by atoms with E-state index in [9.17, 15) is 9.59 Å². The molecule has 0 fully saturated rings. The molecule has 0 saturated heterocycles. The molecule has 10 nitrogen and oxygen atoms in total. The van der Waals surface area contributed by atoms with Crippen molar-refractivity contribution >= 4 is 69.4 Å². The van der Waals surface area contributed by atoms with Gasteiger partial charge in [0.1, 0.15) is 0 Å². The molecule has 4 aromatic carbocycles. The van der Waals surface area contributed by atoms with Gasteiger partial charge in [0.15, 0.2) is 0 Å². The molecule has 0 atom stereocenters. The van der Waals surface area contributed by atoms with Gasteiger partial charge in [0.05, 0.1) is 45.6 Å². The Balaban J connectivity index is 0.812. The maximum absolute atomic E-state index is 12.6. The summed E-state index contributed by atoms with van der Waals surface area (Å²) in [5, 5.41) is 27.3. The fourth-order valence-electron chi connectivity index (χ4n) is 5.82. The van der Waals surface area contributed by atoms with E-state index < -0.39 is 0 Å². The van der Waals surface area contributed by atoms with Gasteiger partial charge >= 0.3 is 0 Å². The Morgan fingerprint density at radius 3 is 1.38 bits per heavy atom. The second-order valence-electron chi connectivity index (χ2n) is 12.6. The van der Waals surface area contributed by atoms with Gasteiger partial charge in [-0.3, -0.25) is 9.59 Å². The number of hydrogen-bond donors (Lipinski definition) is 2. The Bertz CT molecular complexity index is 2350. The number of thiophene rings is 2. The third-order valence-corrected chi connectivity index (χ3v) is 12.6. The molecule has 4 heterocycles. The number of thioether (sulfide) groups is 2. The highest BCUT2D eigenvalue weighted by molar-refractivity contribution is 7.99. The lowest BCUT2D eigenvalue weighted by atomic mass is 10.0. The van der Waals surface area contributed by atoms with Crippen molar-refractivity contribution in [3.63, 3.8) is 0 Å². The second-order valence-corrected chi connectivity index (χ2v) is 16.6. The first-order valence-corrected chi connectivity index (χ1v) is 21.3. The zero-order valence-corrected chi connectivity index (χ0v) is 33.1. The number of carbonyl (C=O) groups excluding carboxylic acids is 2. The molecular weight excluding hydrogens is 777 g/mol. The van der Waals surface area contributed by atoms with Gasteiger partial charge in [-0.15, -0.1) is 56.4 Å². The molecule has 2 amide bonds. The van der Waals surface area contributed by atoms with E-state index in [4.69, 9.17) is 0 Å². The summed E-state index contributed by atoms with van der Waals surface area (Å²) in [6.07, 6.45) is 3.94. The maximum atomic E-state index is 12.6. The van der Waals surface area contributed by atoms with E-state index in [1.165, 1.54) is 22.7 Å². The number of nitrogens with one attached hydrogen (secondary N) is 2. The predicted octanol–water partition coefficient (Wildman–Crippen LogP) is 9.85. The van der Waals surface area contributed by atoms with Crippen LogP contribution in [0.5, 0.6) is 0 Å². The molecular formula is C42H34N8O2S4. The van der Waals surface area contributed by atoms with Crippen LogP contribution >= 0.6 is 46.2 Å². The smallest absolute Gasteiger partial charge is 0.265 e. The Morgan fingerprint density at radius 1 is 0.536 bits per heavy atom. The van der Waals surface area contributed by atoms with E-state index in [1.54, 1.807) is 23.5 Å². The van der Waals surface area contributed by atoms with Crippen molar-refractivity contribution in [3.05, 3.63) is 177 Å². The van der Waals surface area contributed by atoms with Gasteiger partial charge in [-0.1, -0.05) is 95.4 Å². The van der Waals surface area contributed by atoms with Crippen LogP contribution in [0.15, 0.2) is 154 Å². The molecule has 0 spiro atoms. The Kier molecular flexibility index (Phi) is 11.8. The number of carbonyl (C=O) groups is 2. The number of nitrogens with zero attached hydrogens (tertiary/aromatic N) is 6. The molecule has 4 aromatic heterocycles. The molecule has 0 bridgehead atoms. The number of amides is 2. The molecule has 0 saturated carbocycles. The first-order chi connectivity index (χ1) is 27.5. The van der Waals surface area contributed by atoms with Gasteiger partial charge in [-0.25, -0.2) is 9.36 Å². The zero-order valence-electron chi connectivity index (χ0n) is 29.8. The van der Waals surface area contributed by atoms with Crippen LogP contribution in [0, 0.1) is 0 Å². The van der Waals surface area contributed by atoms with Crippen molar-refractivity contribution in [3.8, 4) is 11.1 Å². The van der Waals surface area contributed by atoms with Crippen LogP contribution in [0.1, 0.15) is 41.9 Å². The first-order valence-electron chi connectivity index (χ1n) is 17.6. The highest BCUT2D eigenvalue weighted by Gasteiger charge is 2.13. The lowest BCUT2D eigenvalue weighted by molar-refractivity contribution is 0.102. The molecule has 56 heavy (non-hydrogen) atoms. The van der Waals surface area contributed by atoms with Crippen LogP contribution in [0.4, 0.5) is 11.4 Å². The van der Waals surface area contributed by atoms with Crippen molar-refractivity contribution in [2.45, 2.75) is 34.4 Å². The minimum atomic E-state index is -0.107. The van der Waals surface area contributed by atoms with Gasteiger partial charge in [0.2, 0.25) is 0 Å². The largest absolute Gasteiger partial charge is 0.320 e. The van der Waals surface area contributed by atoms with E-state index in [0.717, 1.165) is 54.8 Å². The van der Waals surface area contributed by atoms with Crippen molar-refractivity contribution in [2.24, 2.45) is 0 Å². The Hall–Kier alpha value is -5.80. The van der Waals surface area contributed by atoms with Crippen LogP contribution in [0.2, 0.25) is 0 Å². The number of para-hydroxylation sites is 2. The minimum absolute atomic E-state index is 0.107. The average Bonchev–Trinajstić information content (AvgIpc) is 4.08. The lowest BCUT2D eigenvalue weighted by Crippen LogP contribution is -2.10. The van der Waals surface area contributed by atoms with E-state index in [1.807, 2.05) is 105 Å². The highest BCUT2D eigenvalue weighted by atomic mass is 32.2. The summed E-state index contributed by atoms with van der Waals surface area (Å²) in [5.41, 5.74) is 7.82. The third-order valence-electron chi connectivity index (χ3n) is 8.61.